The van der Waals surface area contributed by atoms with Gasteiger partial charge in [0.05, 0.1) is 5.56 Å². The third kappa shape index (κ3) is 3.33. The van der Waals surface area contributed by atoms with Gasteiger partial charge in [0.1, 0.15) is 11.9 Å². The first-order valence-electron chi connectivity index (χ1n) is 9.66. The molecule has 4 atom stereocenters. The van der Waals surface area contributed by atoms with Crippen molar-refractivity contribution in [3.8, 4) is 5.75 Å². The number of unbranched alkanes of at least 4 members (excludes halogenated alkanes) is 2. The van der Waals surface area contributed by atoms with Crippen molar-refractivity contribution < 1.29 is 14.6 Å². The lowest BCUT2D eigenvalue weighted by atomic mass is 9.68. The fraction of sp³-hybridized carbons (Fsp3) is 0.591. The zero-order chi connectivity index (χ0) is 18.1. The van der Waals surface area contributed by atoms with Gasteiger partial charge in [-0.25, -0.2) is 4.79 Å². The summed E-state index contributed by atoms with van der Waals surface area (Å²) in [6.07, 6.45) is 6.48. The standard InChI is InChI=1S/C22H30O3/c1-5-6-7-8-15-11-19-18(12-17(15)22(23)24)20-16(13(2)3)10-9-14(4)21(20)25-19/h11-12,14,16,20-21H,2,5-10H2,1,3-4H3,(H,23,24). The number of carboxylic acid groups (broad SMARTS) is 1. The number of benzene rings is 1. The minimum absolute atomic E-state index is 0.151. The van der Waals surface area contributed by atoms with Crippen molar-refractivity contribution in [3.63, 3.8) is 0 Å². The van der Waals surface area contributed by atoms with E-state index in [2.05, 4.69) is 27.4 Å². The summed E-state index contributed by atoms with van der Waals surface area (Å²) in [7, 11) is 0. The number of hydrogen-bond acceptors (Lipinski definition) is 2. The molecule has 3 rings (SSSR count). The minimum Gasteiger partial charge on any atom is -0.489 e. The number of carbonyl (C=O) groups is 1. The molecule has 0 saturated heterocycles. The Bertz CT molecular complexity index is 676. The number of hydrogen-bond donors (Lipinski definition) is 1. The number of rotatable bonds is 6. The largest absolute Gasteiger partial charge is 0.489 e. The predicted octanol–water partition coefficient (Wildman–Crippen LogP) is 5.58. The summed E-state index contributed by atoms with van der Waals surface area (Å²) < 4.78 is 6.35. The second kappa shape index (κ2) is 7.23. The highest BCUT2D eigenvalue weighted by Gasteiger charge is 2.46. The van der Waals surface area contributed by atoms with E-state index in [0.717, 1.165) is 55.4 Å². The van der Waals surface area contributed by atoms with Crippen LogP contribution in [0, 0.1) is 11.8 Å². The second-order valence-corrected chi connectivity index (χ2v) is 7.93. The molecule has 1 aromatic carbocycles. The molecule has 0 radical (unpaired) electrons. The van der Waals surface area contributed by atoms with Crippen molar-refractivity contribution in [2.75, 3.05) is 0 Å². The topological polar surface area (TPSA) is 46.5 Å². The van der Waals surface area contributed by atoms with E-state index >= 15 is 0 Å². The van der Waals surface area contributed by atoms with Gasteiger partial charge in [-0.15, -0.1) is 0 Å². The Labute approximate surface area is 151 Å². The molecule has 0 aromatic heterocycles. The summed E-state index contributed by atoms with van der Waals surface area (Å²) in [5.41, 5.74) is 3.64. The van der Waals surface area contributed by atoms with Gasteiger partial charge >= 0.3 is 5.97 Å². The summed E-state index contributed by atoms with van der Waals surface area (Å²) in [5, 5.41) is 9.72. The predicted molar refractivity (Wildman–Crippen MR) is 100 cm³/mol. The Morgan fingerprint density at radius 2 is 2.08 bits per heavy atom. The number of ether oxygens (including phenoxy) is 1. The van der Waals surface area contributed by atoms with E-state index in [1.54, 1.807) is 0 Å². The van der Waals surface area contributed by atoms with Gasteiger partial charge in [-0.05, 0) is 62.1 Å². The molecule has 136 valence electrons. The van der Waals surface area contributed by atoms with Gasteiger partial charge in [0.25, 0.3) is 0 Å². The molecule has 1 N–H and O–H groups in total. The molecule has 1 aromatic rings. The van der Waals surface area contributed by atoms with Crippen LogP contribution in [0.25, 0.3) is 0 Å². The molecule has 25 heavy (non-hydrogen) atoms. The first-order chi connectivity index (χ1) is 11.9. The Morgan fingerprint density at radius 3 is 2.72 bits per heavy atom. The van der Waals surface area contributed by atoms with Crippen molar-refractivity contribution in [1.29, 1.82) is 0 Å². The van der Waals surface area contributed by atoms with Crippen LogP contribution in [-0.2, 0) is 6.42 Å². The molecular weight excluding hydrogens is 312 g/mol. The molecule has 1 heterocycles. The van der Waals surface area contributed by atoms with Gasteiger partial charge in [0.15, 0.2) is 0 Å². The maximum Gasteiger partial charge on any atom is 0.335 e. The van der Waals surface area contributed by atoms with E-state index in [1.807, 2.05) is 12.1 Å². The highest BCUT2D eigenvalue weighted by Crippen LogP contribution is 2.52. The number of aromatic carboxylic acids is 1. The fourth-order valence-electron chi connectivity index (χ4n) is 4.62. The summed E-state index contributed by atoms with van der Waals surface area (Å²) in [4.78, 5) is 11.8. The number of fused-ring (bicyclic) bond motifs is 3. The maximum absolute atomic E-state index is 11.8. The summed E-state index contributed by atoms with van der Waals surface area (Å²) in [6.45, 7) is 10.7. The average molecular weight is 342 g/mol. The van der Waals surface area contributed by atoms with Crippen LogP contribution in [0.5, 0.6) is 5.75 Å². The second-order valence-electron chi connectivity index (χ2n) is 7.93. The first kappa shape index (κ1) is 18.0. The SMILES string of the molecule is C=C(C)C1CCC(C)C2Oc3cc(CCCCC)c(C(=O)O)cc3C12. The molecule has 1 aliphatic carbocycles. The maximum atomic E-state index is 11.8. The van der Waals surface area contributed by atoms with E-state index in [1.165, 1.54) is 5.57 Å². The molecule has 3 heteroatoms. The molecule has 1 saturated carbocycles. The van der Waals surface area contributed by atoms with E-state index in [-0.39, 0.29) is 12.0 Å². The lowest BCUT2D eigenvalue weighted by molar-refractivity contribution is 0.0695. The van der Waals surface area contributed by atoms with Crippen molar-refractivity contribution in [2.45, 2.75) is 71.3 Å². The third-order valence-corrected chi connectivity index (χ3v) is 6.05. The average Bonchev–Trinajstić information content (AvgIpc) is 2.93. The molecule has 0 spiro atoms. The quantitative estimate of drug-likeness (QED) is 0.542. The highest BCUT2D eigenvalue weighted by atomic mass is 16.5. The Morgan fingerprint density at radius 1 is 1.32 bits per heavy atom. The third-order valence-electron chi connectivity index (χ3n) is 6.05. The van der Waals surface area contributed by atoms with E-state index in [0.29, 0.717) is 17.4 Å². The summed E-state index contributed by atoms with van der Waals surface area (Å²) >= 11 is 0. The lowest BCUT2D eigenvalue weighted by Crippen LogP contribution is -2.36. The number of aryl methyl sites for hydroxylation is 1. The first-order valence-corrected chi connectivity index (χ1v) is 9.66. The summed E-state index contributed by atoms with van der Waals surface area (Å²) in [5.74, 6) is 1.21. The van der Waals surface area contributed by atoms with Crippen molar-refractivity contribution >= 4 is 5.97 Å². The van der Waals surface area contributed by atoms with Crippen LogP contribution in [0.15, 0.2) is 24.3 Å². The Kier molecular flexibility index (Phi) is 5.21. The van der Waals surface area contributed by atoms with E-state index in [9.17, 15) is 9.90 Å². The van der Waals surface area contributed by atoms with Crippen molar-refractivity contribution in [1.82, 2.24) is 0 Å². The molecule has 3 nitrogen and oxygen atoms in total. The smallest absolute Gasteiger partial charge is 0.335 e. The highest BCUT2D eigenvalue weighted by molar-refractivity contribution is 5.90. The van der Waals surface area contributed by atoms with E-state index < -0.39 is 5.97 Å². The zero-order valence-corrected chi connectivity index (χ0v) is 15.7. The molecular formula is C22H30O3. The van der Waals surface area contributed by atoms with Gasteiger partial charge in [-0.2, -0.15) is 0 Å². The summed E-state index contributed by atoms with van der Waals surface area (Å²) in [6, 6.07) is 3.91. The van der Waals surface area contributed by atoms with Crippen LogP contribution in [0.1, 0.15) is 80.3 Å². The zero-order valence-electron chi connectivity index (χ0n) is 15.7. The van der Waals surface area contributed by atoms with Crippen molar-refractivity contribution in [3.05, 3.63) is 41.0 Å². The molecule has 4 unspecified atom stereocenters. The van der Waals surface area contributed by atoms with Crippen molar-refractivity contribution in [2.24, 2.45) is 11.8 Å². The van der Waals surface area contributed by atoms with Gasteiger partial charge in [-0.3, -0.25) is 0 Å². The minimum atomic E-state index is -0.825. The van der Waals surface area contributed by atoms with Gasteiger partial charge < -0.3 is 9.84 Å². The van der Waals surface area contributed by atoms with Gasteiger partial charge in [0.2, 0.25) is 0 Å². The monoisotopic (exact) mass is 342 g/mol. The Balaban J connectivity index is 2.00. The molecule has 2 aliphatic rings. The number of carboxylic acids is 1. The molecule has 0 amide bonds. The van der Waals surface area contributed by atoms with E-state index in [4.69, 9.17) is 4.74 Å². The van der Waals surface area contributed by atoms with Gasteiger partial charge in [-0.1, -0.05) is 38.8 Å². The molecule has 0 bridgehead atoms. The Hall–Kier alpha value is -1.77. The van der Waals surface area contributed by atoms with Crippen LogP contribution in [0.2, 0.25) is 0 Å². The van der Waals surface area contributed by atoms with Gasteiger partial charge in [0, 0.05) is 11.5 Å². The fourth-order valence-corrected chi connectivity index (χ4v) is 4.62. The molecule has 1 aliphatic heterocycles. The van der Waals surface area contributed by atoms with Crippen LogP contribution >= 0.6 is 0 Å². The van der Waals surface area contributed by atoms with Crippen LogP contribution in [0.3, 0.4) is 0 Å². The number of allylic oxidation sites excluding steroid dienone is 1. The lowest BCUT2D eigenvalue weighted by Gasteiger charge is -2.37. The molecule has 1 fully saturated rings. The normalized spacial score (nSPS) is 27.3. The van der Waals surface area contributed by atoms with Crippen LogP contribution < -0.4 is 4.74 Å². The van der Waals surface area contributed by atoms with Crippen LogP contribution in [0.4, 0.5) is 0 Å². The van der Waals surface area contributed by atoms with Crippen LogP contribution in [-0.4, -0.2) is 17.2 Å².